The Morgan fingerprint density at radius 1 is 1.62 bits per heavy atom. The van der Waals surface area contributed by atoms with Crippen LogP contribution in [0.3, 0.4) is 0 Å². The first-order chi connectivity index (χ1) is 6.11. The highest BCUT2D eigenvalue weighted by Crippen LogP contribution is 2.06. The van der Waals surface area contributed by atoms with Crippen LogP contribution in [0.15, 0.2) is 6.33 Å². The number of nitrogens with two attached hydrogens (primary N) is 2. The molecule has 1 heterocycles. The van der Waals surface area contributed by atoms with Crippen LogP contribution in [0.5, 0.6) is 0 Å². The molecule has 7 N–H and O–H groups in total. The van der Waals surface area contributed by atoms with Gasteiger partial charge in [-0.15, -0.1) is 0 Å². The summed E-state index contributed by atoms with van der Waals surface area (Å²) < 4.78 is 0. The number of hydrogen-bond donors (Lipinski definition) is 5. The summed E-state index contributed by atoms with van der Waals surface area (Å²) in [5.74, 6) is 0.325. The molecule has 1 rings (SSSR count). The van der Waals surface area contributed by atoms with Crippen LogP contribution >= 0.6 is 12.2 Å². The first kappa shape index (κ1) is 9.26. The number of thiocarbonyl (C=S) groups is 1. The number of nitrogens with one attached hydrogen (secondary N) is 3. The number of anilines is 1. The summed E-state index contributed by atoms with van der Waals surface area (Å²) in [5, 5.41) is 0. The van der Waals surface area contributed by atoms with Crippen molar-refractivity contribution in [2.45, 2.75) is 0 Å². The van der Waals surface area contributed by atoms with E-state index >= 15 is 0 Å². The smallest absolute Gasteiger partial charge is 0.330 e. The van der Waals surface area contributed by atoms with Gasteiger partial charge in [0.2, 0.25) is 0 Å². The lowest BCUT2D eigenvalue weighted by molar-refractivity contribution is 0.250. The number of hydrazine groups is 1. The Labute approximate surface area is 78.9 Å². The Kier molecular flexibility index (Phi) is 2.65. The number of amides is 2. The third-order valence-electron chi connectivity index (χ3n) is 1.19. The quantitative estimate of drug-likeness (QED) is 0.318. The highest BCUT2D eigenvalue weighted by Gasteiger charge is 2.07. The second-order valence-corrected chi connectivity index (χ2v) is 2.54. The molecule has 7 nitrogen and oxygen atoms in total. The number of urea groups is 1. The molecule has 0 unspecified atom stereocenters. The molecule has 0 radical (unpaired) electrons. The molecular weight excluding hydrogens is 192 g/mol. The van der Waals surface area contributed by atoms with Gasteiger partial charge in [0.25, 0.3) is 0 Å². The van der Waals surface area contributed by atoms with Gasteiger partial charge in [-0.2, -0.15) is 0 Å². The zero-order valence-electron chi connectivity index (χ0n) is 6.50. The molecular formula is C5H8N6OS. The Morgan fingerprint density at radius 2 is 2.31 bits per heavy atom. The average Bonchev–Trinajstić information content (AvgIpc) is 2.47. The molecule has 8 heteroatoms. The van der Waals surface area contributed by atoms with Gasteiger partial charge in [-0.25, -0.2) is 9.78 Å². The Hall–Kier alpha value is -1.83. The number of hydrogen-bond acceptors (Lipinski definition) is 4. The van der Waals surface area contributed by atoms with Crippen molar-refractivity contribution in [3.8, 4) is 0 Å². The third-order valence-corrected chi connectivity index (χ3v) is 1.39. The van der Waals surface area contributed by atoms with Crippen LogP contribution in [0.4, 0.5) is 10.6 Å². The van der Waals surface area contributed by atoms with Crippen LogP contribution in [0.1, 0.15) is 5.69 Å². The zero-order chi connectivity index (χ0) is 9.84. The van der Waals surface area contributed by atoms with Crippen LogP contribution in [0.25, 0.3) is 0 Å². The van der Waals surface area contributed by atoms with Gasteiger partial charge in [-0.3, -0.25) is 10.9 Å². The number of primary amides is 1. The average molecular weight is 200 g/mol. The first-order valence-electron chi connectivity index (χ1n) is 3.26. The number of H-pyrrole nitrogens is 1. The molecule has 0 aromatic carbocycles. The second kappa shape index (κ2) is 3.72. The minimum Gasteiger partial charge on any atom is -0.388 e. The van der Waals surface area contributed by atoms with E-state index in [0.29, 0.717) is 11.5 Å². The summed E-state index contributed by atoms with van der Waals surface area (Å²) in [6.07, 6.45) is 1.39. The van der Waals surface area contributed by atoms with Gasteiger partial charge >= 0.3 is 6.03 Å². The van der Waals surface area contributed by atoms with E-state index in [-0.39, 0.29) is 4.99 Å². The van der Waals surface area contributed by atoms with E-state index in [2.05, 4.69) is 20.8 Å². The lowest BCUT2D eigenvalue weighted by atomic mass is 10.4. The van der Waals surface area contributed by atoms with E-state index in [4.69, 9.17) is 23.7 Å². The molecule has 0 atom stereocenters. The van der Waals surface area contributed by atoms with E-state index in [1.165, 1.54) is 6.33 Å². The molecule has 0 fully saturated rings. The highest BCUT2D eigenvalue weighted by atomic mass is 32.1. The molecule has 0 saturated heterocycles. The number of carbonyl (C=O) groups excluding carboxylic acids is 1. The van der Waals surface area contributed by atoms with Gasteiger partial charge in [0.15, 0.2) is 5.82 Å². The maximum Gasteiger partial charge on any atom is 0.330 e. The van der Waals surface area contributed by atoms with Crippen molar-refractivity contribution in [2.24, 2.45) is 11.5 Å². The van der Waals surface area contributed by atoms with Gasteiger partial charge in [0, 0.05) is 0 Å². The first-order valence-corrected chi connectivity index (χ1v) is 3.66. The molecule has 0 aliphatic carbocycles. The monoisotopic (exact) mass is 200 g/mol. The molecule has 70 valence electrons. The van der Waals surface area contributed by atoms with Crippen LogP contribution in [0.2, 0.25) is 0 Å². The van der Waals surface area contributed by atoms with Crippen molar-refractivity contribution >= 4 is 29.1 Å². The summed E-state index contributed by atoms with van der Waals surface area (Å²) in [6.45, 7) is 0. The van der Waals surface area contributed by atoms with Crippen molar-refractivity contribution in [3.05, 3.63) is 12.0 Å². The van der Waals surface area contributed by atoms with Crippen molar-refractivity contribution in [3.63, 3.8) is 0 Å². The van der Waals surface area contributed by atoms with E-state index in [1.807, 2.05) is 0 Å². The fraction of sp³-hybridized carbons (Fsp3) is 0. The fourth-order valence-corrected chi connectivity index (χ4v) is 0.853. The molecule has 1 aromatic rings. The van der Waals surface area contributed by atoms with Crippen molar-refractivity contribution in [1.29, 1.82) is 0 Å². The third kappa shape index (κ3) is 2.30. The van der Waals surface area contributed by atoms with Crippen LogP contribution in [-0.4, -0.2) is 21.0 Å². The standard InChI is InChI=1S/C5H8N6OS/c6-3(13)2-4(9-1-8-2)10-11-5(7)12/h1,10H,(H2,6,13)(H,8,9)(H3,7,11,12). The van der Waals surface area contributed by atoms with E-state index in [9.17, 15) is 4.79 Å². The summed E-state index contributed by atoms with van der Waals surface area (Å²) in [7, 11) is 0. The van der Waals surface area contributed by atoms with E-state index in [1.54, 1.807) is 0 Å². The molecule has 0 spiro atoms. The fourth-order valence-electron chi connectivity index (χ4n) is 0.698. The van der Waals surface area contributed by atoms with Crippen molar-refractivity contribution < 1.29 is 4.79 Å². The lowest BCUT2D eigenvalue weighted by Crippen LogP contribution is -2.35. The number of carbonyl (C=O) groups is 1. The maximum absolute atomic E-state index is 10.3. The van der Waals surface area contributed by atoms with Gasteiger partial charge in [-0.1, -0.05) is 12.2 Å². The summed E-state index contributed by atoms with van der Waals surface area (Å²) in [6, 6.07) is -0.725. The Balaban J connectivity index is 2.71. The molecule has 0 aliphatic heterocycles. The van der Waals surface area contributed by atoms with Crippen molar-refractivity contribution in [1.82, 2.24) is 15.4 Å². The second-order valence-electron chi connectivity index (χ2n) is 2.10. The van der Waals surface area contributed by atoms with Crippen molar-refractivity contribution in [2.75, 3.05) is 5.43 Å². The molecule has 0 saturated carbocycles. The maximum atomic E-state index is 10.3. The molecule has 2 amide bonds. The summed E-state index contributed by atoms with van der Waals surface area (Å²) in [5.41, 5.74) is 15.2. The largest absolute Gasteiger partial charge is 0.388 e. The van der Waals surface area contributed by atoms with Crippen LogP contribution in [-0.2, 0) is 0 Å². The molecule has 13 heavy (non-hydrogen) atoms. The molecule has 1 aromatic heterocycles. The predicted octanol–water partition coefficient (Wildman–Crippen LogP) is -0.961. The Bertz CT molecular complexity index is 334. The Morgan fingerprint density at radius 3 is 2.85 bits per heavy atom. The normalized spacial score (nSPS) is 9.23. The van der Waals surface area contributed by atoms with Gasteiger partial charge in [-0.05, 0) is 0 Å². The number of aromatic amines is 1. The lowest BCUT2D eigenvalue weighted by Gasteiger charge is -2.03. The van der Waals surface area contributed by atoms with E-state index in [0.717, 1.165) is 0 Å². The summed E-state index contributed by atoms with van der Waals surface area (Å²) >= 11 is 4.71. The van der Waals surface area contributed by atoms with E-state index < -0.39 is 6.03 Å². The van der Waals surface area contributed by atoms with Crippen LogP contribution < -0.4 is 22.3 Å². The number of imidazole rings is 1. The predicted molar refractivity (Wildman–Crippen MR) is 50.8 cm³/mol. The number of rotatable bonds is 3. The van der Waals surface area contributed by atoms with Gasteiger partial charge < -0.3 is 16.5 Å². The topological polar surface area (TPSA) is 122 Å². The number of nitrogens with zero attached hydrogens (tertiary/aromatic N) is 1. The minimum atomic E-state index is -0.725. The molecule has 0 bridgehead atoms. The SMILES string of the molecule is NC(=O)NNc1nc[nH]c1C(N)=S. The zero-order valence-corrected chi connectivity index (χ0v) is 7.31. The summed E-state index contributed by atoms with van der Waals surface area (Å²) in [4.78, 5) is 17.0. The highest BCUT2D eigenvalue weighted by molar-refractivity contribution is 7.80. The number of aromatic nitrogens is 2. The van der Waals surface area contributed by atoms with Gasteiger partial charge in [0.05, 0.1) is 6.33 Å². The van der Waals surface area contributed by atoms with Crippen LogP contribution in [0, 0.1) is 0 Å². The molecule has 0 aliphatic rings. The minimum absolute atomic E-state index is 0.145. The van der Waals surface area contributed by atoms with Gasteiger partial charge in [0.1, 0.15) is 10.7 Å².